The summed E-state index contributed by atoms with van der Waals surface area (Å²) in [4.78, 5) is 24.3. The van der Waals surface area contributed by atoms with Crippen LogP contribution in [0.3, 0.4) is 0 Å². The molecule has 1 aliphatic carbocycles. The summed E-state index contributed by atoms with van der Waals surface area (Å²) in [6.45, 7) is 5.79. The first-order valence-corrected chi connectivity index (χ1v) is 10.6. The van der Waals surface area contributed by atoms with Gasteiger partial charge in [0.15, 0.2) is 0 Å². The van der Waals surface area contributed by atoms with Gasteiger partial charge in [0.2, 0.25) is 0 Å². The molecule has 1 aromatic carbocycles. The van der Waals surface area contributed by atoms with Gasteiger partial charge in [0.05, 0.1) is 22.9 Å². The average molecular weight is 456 g/mol. The van der Waals surface area contributed by atoms with E-state index in [2.05, 4.69) is 6.92 Å². The number of carbonyl (C=O) groups is 2. The molecule has 0 aliphatic heterocycles. The molecule has 0 aromatic heterocycles. The Hall–Kier alpha value is -2.18. The van der Waals surface area contributed by atoms with E-state index < -0.39 is 23.3 Å². The highest BCUT2D eigenvalue weighted by molar-refractivity contribution is 6.34. The summed E-state index contributed by atoms with van der Waals surface area (Å²) in [6.07, 6.45) is 3.06. The third kappa shape index (κ3) is 4.44. The van der Waals surface area contributed by atoms with Crippen LogP contribution in [0, 0.1) is 11.3 Å². The van der Waals surface area contributed by atoms with Crippen LogP contribution in [-0.4, -0.2) is 28.8 Å². The predicted octanol–water partition coefficient (Wildman–Crippen LogP) is 4.98. The Bertz CT molecular complexity index is 909. The van der Waals surface area contributed by atoms with Crippen LogP contribution < -0.4 is 10.5 Å². The number of carboxylic acids is 2. The van der Waals surface area contributed by atoms with E-state index in [4.69, 9.17) is 33.7 Å². The fourth-order valence-electron chi connectivity index (χ4n) is 3.90. The van der Waals surface area contributed by atoms with Crippen LogP contribution in [0.25, 0.3) is 0 Å². The largest absolute Gasteiger partial charge is 0.494 e. The summed E-state index contributed by atoms with van der Waals surface area (Å²) >= 11 is 12.6. The highest BCUT2D eigenvalue weighted by Gasteiger charge is 2.52. The summed E-state index contributed by atoms with van der Waals surface area (Å²) in [7, 11) is 0. The first-order valence-electron chi connectivity index (χ1n) is 9.82. The van der Waals surface area contributed by atoms with E-state index in [1.165, 1.54) is 6.92 Å². The number of ether oxygens (including phenoxy) is 1. The SMILES string of the molecule is CCCCCOc1ccc(CC2(C(=O)O)C(C)=C(N)C(Cl)=C(C(=O)O)C2C)c(Cl)c1. The molecule has 30 heavy (non-hydrogen) atoms. The van der Waals surface area contributed by atoms with Crippen LogP contribution in [0.2, 0.25) is 5.02 Å². The van der Waals surface area contributed by atoms with Crippen LogP contribution >= 0.6 is 23.2 Å². The van der Waals surface area contributed by atoms with Crippen LogP contribution in [-0.2, 0) is 16.0 Å². The maximum atomic E-state index is 12.5. The average Bonchev–Trinajstić information content (AvgIpc) is 2.68. The number of rotatable bonds is 9. The minimum absolute atomic E-state index is 0.0263. The molecule has 2 atom stereocenters. The van der Waals surface area contributed by atoms with Gasteiger partial charge in [-0.15, -0.1) is 0 Å². The van der Waals surface area contributed by atoms with Gasteiger partial charge in [-0.3, -0.25) is 4.79 Å². The van der Waals surface area contributed by atoms with E-state index in [9.17, 15) is 19.8 Å². The number of unbranched alkanes of at least 4 members (excludes halogenated alkanes) is 2. The van der Waals surface area contributed by atoms with E-state index in [1.807, 2.05) is 0 Å². The van der Waals surface area contributed by atoms with Crippen molar-refractivity contribution in [1.29, 1.82) is 0 Å². The lowest BCUT2D eigenvalue weighted by molar-refractivity contribution is -0.149. The van der Waals surface area contributed by atoms with Crippen LogP contribution in [0.5, 0.6) is 5.75 Å². The van der Waals surface area contributed by atoms with Crippen molar-refractivity contribution in [3.05, 3.63) is 50.7 Å². The van der Waals surface area contributed by atoms with Gasteiger partial charge in [-0.05, 0) is 43.0 Å². The number of nitrogens with two attached hydrogens (primary N) is 1. The number of hydrogen-bond acceptors (Lipinski definition) is 4. The molecule has 0 saturated carbocycles. The quantitative estimate of drug-likeness (QED) is 0.452. The van der Waals surface area contributed by atoms with Gasteiger partial charge in [-0.25, -0.2) is 4.79 Å². The number of halogens is 2. The Morgan fingerprint density at radius 2 is 1.90 bits per heavy atom. The lowest BCUT2D eigenvalue weighted by Gasteiger charge is -2.41. The smallest absolute Gasteiger partial charge is 0.333 e. The van der Waals surface area contributed by atoms with Crippen LogP contribution in [0.15, 0.2) is 40.1 Å². The van der Waals surface area contributed by atoms with Crippen molar-refractivity contribution in [1.82, 2.24) is 0 Å². The minimum Gasteiger partial charge on any atom is -0.494 e. The molecule has 0 radical (unpaired) electrons. The van der Waals surface area contributed by atoms with Gasteiger partial charge in [0.25, 0.3) is 0 Å². The summed E-state index contributed by atoms with van der Waals surface area (Å²) in [5.74, 6) is -2.81. The Labute approximate surface area is 186 Å². The third-order valence-electron chi connectivity index (χ3n) is 5.84. The topological polar surface area (TPSA) is 110 Å². The zero-order valence-electron chi connectivity index (χ0n) is 17.3. The number of allylic oxidation sites excluding steroid dienone is 1. The molecule has 1 aliphatic rings. The Balaban J connectivity index is 2.43. The number of hydrogen-bond donors (Lipinski definition) is 3. The molecule has 8 heteroatoms. The molecule has 4 N–H and O–H groups in total. The van der Waals surface area contributed by atoms with Gasteiger partial charge in [0, 0.05) is 10.9 Å². The van der Waals surface area contributed by atoms with E-state index in [0.717, 1.165) is 19.3 Å². The molecule has 0 bridgehead atoms. The molecule has 2 rings (SSSR count). The monoisotopic (exact) mass is 455 g/mol. The van der Waals surface area contributed by atoms with Crippen molar-refractivity contribution in [3.63, 3.8) is 0 Å². The normalized spacial score (nSPS) is 21.7. The number of carboxylic acid groups (broad SMARTS) is 2. The summed E-state index contributed by atoms with van der Waals surface area (Å²) < 4.78 is 5.70. The lowest BCUT2D eigenvalue weighted by atomic mass is 9.62. The summed E-state index contributed by atoms with van der Waals surface area (Å²) in [5, 5.41) is 20.0. The zero-order valence-corrected chi connectivity index (χ0v) is 18.8. The molecule has 2 unspecified atom stereocenters. The maximum absolute atomic E-state index is 12.5. The molecule has 1 aromatic rings. The van der Waals surface area contributed by atoms with Crippen molar-refractivity contribution >= 4 is 35.1 Å². The Morgan fingerprint density at radius 1 is 1.23 bits per heavy atom. The second-order valence-corrected chi connectivity index (χ2v) is 8.34. The molecule has 0 amide bonds. The van der Waals surface area contributed by atoms with E-state index >= 15 is 0 Å². The molecule has 0 saturated heterocycles. The third-order valence-corrected chi connectivity index (χ3v) is 6.60. The second-order valence-electron chi connectivity index (χ2n) is 7.56. The highest BCUT2D eigenvalue weighted by atomic mass is 35.5. The molecular formula is C22H27Cl2NO5. The maximum Gasteiger partial charge on any atom is 0.333 e. The van der Waals surface area contributed by atoms with Crippen molar-refractivity contribution in [2.45, 2.75) is 46.5 Å². The van der Waals surface area contributed by atoms with E-state index in [1.54, 1.807) is 25.1 Å². The standard InChI is InChI=1S/C22H27Cl2NO5/c1-4-5-6-9-30-15-8-7-14(16(23)10-15)11-22(21(28)29)12(2)17(20(26)27)18(24)19(25)13(22)3/h7-8,10,12H,4-6,9,11,25H2,1-3H3,(H,26,27)(H,28,29). The van der Waals surface area contributed by atoms with Crippen molar-refractivity contribution in [2.75, 3.05) is 6.61 Å². The van der Waals surface area contributed by atoms with Crippen molar-refractivity contribution < 1.29 is 24.5 Å². The van der Waals surface area contributed by atoms with E-state index in [-0.39, 0.29) is 22.7 Å². The fourth-order valence-corrected chi connectivity index (χ4v) is 4.52. The van der Waals surface area contributed by atoms with Gasteiger partial charge < -0.3 is 20.7 Å². The molecular weight excluding hydrogens is 429 g/mol. The number of benzene rings is 1. The molecule has 0 heterocycles. The minimum atomic E-state index is -1.59. The highest BCUT2D eigenvalue weighted by Crippen LogP contribution is 2.50. The zero-order chi connectivity index (χ0) is 22.6. The van der Waals surface area contributed by atoms with E-state index in [0.29, 0.717) is 28.5 Å². The molecule has 164 valence electrons. The summed E-state index contributed by atoms with van der Waals surface area (Å²) in [5.41, 5.74) is 5.07. The fraction of sp³-hybridized carbons (Fsp3) is 0.455. The predicted molar refractivity (Wildman–Crippen MR) is 117 cm³/mol. The van der Waals surface area contributed by atoms with Crippen LogP contribution in [0.4, 0.5) is 0 Å². The first-order chi connectivity index (χ1) is 14.1. The van der Waals surface area contributed by atoms with Crippen molar-refractivity contribution in [3.8, 4) is 5.75 Å². The van der Waals surface area contributed by atoms with Gasteiger partial charge >= 0.3 is 11.9 Å². The molecule has 6 nitrogen and oxygen atoms in total. The van der Waals surface area contributed by atoms with Crippen molar-refractivity contribution in [2.24, 2.45) is 17.1 Å². The van der Waals surface area contributed by atoms with Crippen LogP contribution in [0.1, 0.15) is 45.6 Å². The van der Waals surface area contributed by atoms with Gasteiger partial charge in [-0.1, -0.05) is 56.0 Å². The second kappa shape index (κ2) is 9.75. The Kier molecular flexibility index (Phi) is 7.83. The molecule has 0 fully saturated rings. The lowest BCUT2D eigenvalue weighted by Crippen LogP contribution is -2.46. The van der Waals surface area contributed by atoms with Gasteiger partial charge in [-0.2, -0.15) is 0 Å². The first kappa shape index (κ1) is 24.1. The Morgan fingerprint density at radius 3 is 2.43 bits per heavy atom. The number of aliphatic carboxylic acids is 2. The van der Waals surface area contributed by atoms with Gasteiger partial charge in [0.1, 0.15) is 11.2 Å². The molecule has 0 spiro atoms. The summed E-state index contributed by atoms with van der Waals surface area (Å²) in [6, 6.07) is 5.09.